The van der Waals surface area contributed by atoms with Crippen LogP contribution in [0.4, 0.5) is 34.1 Å². The van der Waals surface area contributed by atoms with Gasteiger partial charge < -0.3 is 14.4 Å². The molecule has 0 bridgehead atoms. The molecule has 0 amide bonds. The average Bonchev–Trinajstić information content (AvgIpc) is 4.06. The van der Waals surface area contributed by atoms with Crippen LogP contribution in [0.5, 0.6) is 0 Å². The quantitative estimate of drug-likeness (QED) is 0.148. The first kappa shape index (κ1) is 32.6. The number of benzene rings is 11. The van der Waals surface area contributed by atoms with Crippen LogP contribution < -0.4 is 26.2 Å². The van der Waals surface area contributed by atoms with Crippen molar-refractivity contribution in [1.82, 2.24) is 4.57 Å². The van der Waals surface area contributed by atoms with Crippen LogP contribution in [0, 0.1) is 0 Å². The third kappa shape index (κ3) is 6.45. The number of para-hydroxylation sites is 2. The van der Waals surface area contributed by atoms with Crippen LogP contribution in [-0.2, 0) is 0 Å². The van der Waals surface area contributed by atoms with E-state index in [4.69, 9.17) is 5.48 Å². The highest BCUT2D eigenvalue weighted by molar-refractivity contribution is 7.00. The Bertz CT molecular complexity index is 4330. The minimum Gasteiger partial charge on any atom is -0.311 e. The Kier molecular flexibility index (Phi) is 7.58. The summed E-state index contributed by atoms with van der Waals surface area (Å²) in [6.45, 7) is -0.323. The van der Waals surface area contributed by atoms with Gasteiger partial charge in [0.15, 0.2) is 0 Å². The van der Waals surface area contributed by atoms with Crippen molar-refractivity contribution >= 4 is 79.0 Å². The molecular weight excluding hydrogens is 846 g/mol. The second-order valence-electron chi connectivity index (χ2n) is 17.9. The summed E-state index contributed by atoms with van der Waals surface area (Å²) in [4.78, 5) is 4.70. The Labute approximate surface area is 419 Å². The third-order valence-electron chi connectivity index (χ3n) is 14.0. The standard InChI is InChI=1S/C66H44BN3/c1-5-17-45(18-6-1)49-29-34-53(35-30-49)68-62-41-51(47-21-9-3-10-22-47)33-39-58(62)67-59-40-38-55(70-60-27-15-13-25-56(60)57-26-14-16-28-61(57)70)44-63(59)69(54-36-31-50(32-37-54)46-19-7-2-8-20-46)65-43-52(42-64(68)66(65)67)48-23-11-4-12-24-48/h1-44H/i13D,14D,15D,16D,25D,26D,27D,28D. The van der Waals surface area contributed by atoms with Gasteiger partial charge in [0.2, 0.25) is 0 Å². The summed E-state index contributed by atoms with van der Waals surface area (Å²) in [5.41, 5.74) is 17.9. The number of hydrogen-bond acceptors (Lipinski definition) is 2. The van der Waals surface area contributed by atoms with Gasteiger partial charge in [-0.1, -0.05) is 200 Å². The van der Waals surface area contributed by atoms with Gasteiger partial charge in [-0.25, -0.2) is 0 Å². The number of aromatic nitrogens is 1. The number of anilines is 6. The lowest BCUT2D eigenvalue weighted by atomic mass is 9.33. The molecule has 0 unspecified atom stereocenters. The van der Waals surface area contributed by atoms with Crippen LogP contribution in [0.3, 0.4) is 0 Å². The first-order valence-electron chi connectivity index (χ1n) is 27.5. The number of fused-ring (bicyclic) bond motifs is 7. The van der Waals surface area contributed by atoms with Crippen LogP contribution in [0.1, 0.15) is 11.0 Å². The van der Waals surface area contributed by atoms with Crippen molar-refractivity contribution in [2.24, 2.45) is 0 Å². The van der Waals surface area contributed by atoms with Crippen molar-refractivity contribution in [3.8, 4) is 50.2 Å². The van der Waals surface area contributed by atoms with Crippen molar-refractivity contribution in [3.05, 3.63) is 267 Å². The van der Waals surface area contributed by atoms with Gasteiger partial charge in [0, 0.05) is 50.6 Å². The molecule has 0 atom stereocenters. The summed E-state index contributed by atoms with van der Waals surface area (Å²) in [6, 6.07) is 72.9. The molecule has 0 radical (unpaired) electrons. The molecule has 70 heavy (non-hydrogen) atoms. The monoisotopic (exact) mass is 897 g/mol. The summed E-state index contributed by atoms with van der Waals surface area (Å²) >= 11 is 0. The predicted molar refractivity (Wildman–Crippen MR) is 297 cm³/mol. The molecule has 12 aromatic rings. The van der Waals surface area contributed by atoms with Crippen molar-refractivity contribution in [2.45, 2.75) is 0 Å². The van der Waals surface area contributed by atoms with Gasteiger partial charge in [-0.05, 0) is 128 Å². The van der Waals surface area contributed by atoms with Crippen LogP contribution in [-0.4, -0.2) is 11.3 Å². The van der Waals surface area contributed by atoms with Gasteiger partial charge in [0.25, 0.3) is 6.71 Å². The first-order chi connectivity index (χ1) is 38.0. The summed E-state index contributed by atoms with van der Waals surface area (Å²) in [5, 5.41) is 0.0628. The minimum atomic E-state index is -0.483. The molecular formula is C66H44BN3. The molecule has 14 rings (SSSR count). The second kappa shape index (κ2) is 16.3. The maximum absolute atomic E-state index is 9.41. The second-order valence-corrected chi connectivity index (χ2v) is 17.9. The normalized spacial score (nSPS) is 14.1. The first-order valence-corrected chi connectivity index (χ1v) is 23.5. The van der Waals surface area contributed by atoms with Gasteiger partial charge >= 0.3 is 0 Å². The van der Waals surface area contributed by atoms with E-state index in [1.165, 1.54) is 0 Å². The average molecular weight is 898 g/mol. The molecule has 1 aromatic heterocycles. The Morgan fingerprint density at radius 2 is 0.657 bits per heavy atom. The maximum atomic E-state index is 9.41. The van der Waals surface area contributed by atoms with Crippen molar-refractivity contribution in [2.75, 3.05) is 9.80 Å². The molecule has 326 valence electrons. The zero-order chi connectivity index (χ0) is 53.1. The number of rotatable bonds is 7. The highest BCUT2D eigenvalue weighted by atomic mass is 15.2. The molecule has 0 saturated heterocycles. The Morgan fingerprint density at radius 1 is 0.300 bits per heavy atom. The predicted octanol–water partition coefficient (Wildman–Crippen LogP) is 15.5. The Morgan fingerprint density at radius 3 is 1.14 bits per heavy atom. The van der Waals surface area contributed by atoms with Gasteiger partial charge in [-0.15, -0.1) is 0 Å². The van der Waals surface area contributed by atoms with E-state index in [2.05, 4.69) is 180 Å². The van der Waals surface area contributed by atoms with Gasteiger partial charge in [0.05, 0.1) is 22.0 Å². The molecule has 2 aliphatic rings. The van der Waals surface area contributed by atoms with Crippen molar-refractivity contribution in [1.29, 1.82) is 0 Å². The largest absolute Gasteiger partial charge is 0.311 e. The molecule has 0 saturated carbocycles. The van der Waals surface area contributed by atoms with E-state index in [1.807, 2.05) is 48.5 Å². The van der Waals surface area contributed by atoms with Gasteiger partial charge in [-0.2, -0.15) is 0 Å². The summed E-state index contributed by atoms with van der Waals surface area (Å²) in [7, 11) is 0. The Hall–Kier alpha value is -9.12. The van der Waals surface area contributed by atoms with Crippen molar-refractivity contribution < 1.29 is 11.0 Å². The lowest BCUT2D eigenvalue weighted by Crippen LogP contribution is -2.61. The summed E-state index contributed by atoms with van der Waals surface area (Å²) in [5.74, 6) is 0. The molecule has 2 aliphatic heterocycles. The highest BCUT2D eigenvalue weighted by Crippen LogP contribution is 2.48. The van der Waals surface area contributed by atoms with Crippen LogP contribution >= 0.6 is 0 Å². The molecule has 11 aromatic carbocycles. The lowest BCUT2D eigenvalue weighted by Gasteiger charge is -2.44. The Balaban J connectivity index is 1.09. The number of hydrogen-bond donors (Lipinski definition) is 0. The van der Waals surface area contributed by atoms with Gasteiger partial charge in [0.1, 0.15) is 0 Å². The van der Waals surface area contributed by atoms with Crippen molar-refractivity contribution in [3.63, 3.8) is 0 Å². The summed E-state index contributed by atoms with van der Waals surface area (Å²) < 4.78 is 74.1. The van der Waals surface area contributed by atoms with Crippen LogP contribution in [0.15, 0.2) is 267 Å². The minimum absolute atomic E-state index is 0.0314. The third-order valence-corrected chi connectivity index (χ3v) is 14.0. The zero-order valence-corrected chi connectivity index (χ0v) is 37.7. The fourth-order valence-corrected chi connectivity index (χ4v) is 10.8. The molecule has 4 heteroatoms. The van der Waals surface area contributed by atoms with E-state index < -0.39 is 24.2 Å². The molecule has 0 aliphatic carbocycles. The van der Waals surface area contributed by atoms with E-state index in [-0.39, 0.29) is 52.7 Å². The molecule has 0 fully saturated rings. The molecule has 0 N–H and O–H groups in total. The SMILES string of the molecule is [2H]c1c([2H])c([2H])c2c(c1[2H])c1c([2H])c([2H])c([2H])c([2H])c1n2-c1ccc2c(c1)N(c1ccc(-c3ccccc3)cc1)c1cc(-c3ccccc3)cc3c1B2c1ccc(-c2ccccc2)cc1N3c1ccc(-c2ccccc2)cc1. The van der Waals surface area contributed by atoms with E-state index in [1.54, 1.807) is 4.57 Å². The highest BCUT2D eigenvalue weighted by Gasteiger charge is 2.44. The molecule has 3 nitrogen and oxygen atoms in total. The van der Waals surface area contributed by atoms with Crippen LogP contribution in [0.2, 0.25) is 0 Å². The zero-order valence-electron chi connectivity index (χ0n) is 45.7. The van der Waals surface area contributed by atoms with E-state index in [0.29, 0.717) is 5.69 Å². The fourth-order valence-electron chi connectivity index (χ4n) is 10.8. The topological polar surface area (TPSA) is 11.4 Å². The molecule has 3 heterocycles. The summed E-state index contributed by atoms with van der Waals surface area (Å²) in [6.07, 6.45) is 0. The van der Waals surface area contributed by atoms with E-state index in [0.717, 1.165) is 95.0 Å². The smallest absolute Gasteiger partial charge is 0.252 e. The fraction of sp³-hybridized carbons (Fsp3) is 0. The van der Waals surface area contributed by atoms with Gasteiger partial charge in [-0.3, -0.25) is 0 Å². The van der Waals surface area contributed by atoms with E-state index in [9.17, 15) is 5.48 Å². The molecule has 0 spiro atoms. The lowest BCUT2D eigenvalue weighted by molar-refractivity contribution is 1.17. The van der Waals surface area contributed by atoms with Crippen LogP contribution in [0.25, 0.3) is 72.0 Å². The maximum Gasteiger partial charge on any atom is 0.252 e. The number of nitrogens with zero attached hydrogens (tertiary/aromatic N) is 3. The van der Waals surface area contributed by atoms with E-state index >= 15 is 0 Å².